The van der Waals surface area contributed by atoms with E-state index in [1.807, 2.05) is 0 Å². The summed E-state index contributed by atoms with van der Waals surface area (Å²) in [6, 6.07) is 2.22. The van der Waals surface area contributed by atoms with Gasteiger partial charge in [-0.15, -0.1) is 0 Å². The first-order chi connectivity index (χ1) is 8.18. The lowest BCUT2D eigenvalue weighted by Gasteiger charge is -2.03. The van der Waals surface area contributed by atoms with Gasteiger partial charge in [-0.3, -0.25) is 0 Å². The van der Waals surface area contributed by atoms with Gasteiger partial charge < -0.3 is 4.57 Å². The molecule has 0 spiro atoms. The van der Waals surface area contributed by atoms with E-state index in [-0.39, 0.29) is 0 Å². The Morgan fingerprint density at radius 3 is 2.71 bits per heavy atom. The molecule has 0 fully saturated rings. The van der Waals surface area contributed by atoms with Crippen molar-refractivity contribution in [1.29, 1.82) is 0 Å². The molecule has 0 saturated carbocycles. The molecule has 3 rings (SSSR count). The number of aromatic nitrogens is 2. The summed E-state index contributed by atoms with van der Waals surface area (Å²) in [4.78, 5) is 4.73. The molecule has 0 atom stereocenters. The minimum Gasteiger partial charge on any atom is -0.332 e. The zero-order valence-corrected chi connectivity index (χ0v) is 11.0. The summed E-state index contributed by atoms with van der Waals surface area (Å²) >= 11 is 0. The Bertz CT molecular complexity index is 578. The number of aryl methyl sites for hydroxylation is 4. The third-order valence-electron chi connectivity index (χ3n) is 4.04. The summed E-state index contributed by atoms with van der Waals surface area (Å²) in [5, 5.41) is 1.43. The van der Waals surface area contributed by atoms with E-state index in [1.54, 1.807) is 5.56 Å². The molecule has 0 aliphatic heterocycles. The van der Waals surface area contributed by atoms with Gasteiger partial charge in [-0.2, -0.15) is 0 Å². The standard InChI is InChI=1S/C15H20N2/c1-10-9-11(2)16-15-14(10)12-7-5-4-6-8-13(12)17(15)3/h9H,4-8H2,1-3H3. The van der Waals surface area contributed by atoms with Crippen LogP contribution in [0.1, 0.15) is 41.8 Å². The number of pyridine rings is 1. The van der Waals surface area contributed by atoms with Crippen molar-refractivity contribution in [2.75, 3.05) is 0 Å². The van der Waals surface area contributed by atoms with Crippen molar-refractivity contribution < 1.29 is 0 Å². The van der Waals surface area contributed by atoms with Gasteiger partial charge in [-0.25, -0.2) is 4.98 Å². The van der Waals surface area contributed by atoms with Crippen LogP contribution in [0.25, 0.3) is 11.0 Å². The second-order valence-electron chi connectivity index (χ2n) is 5.32. The molecule has 2 aromatic heterocycles. The summed E-state index contributed by atoms with van der Waals surface area (Å²) < 4.78 is 2.33. The quantitative estimate of drug-likeness (QED) is 0.631. The maximum Gasteiger partial charge on any atom is 0.140 e. The molecule has 0 unspecified atom stereocenters. The molecule has 2 aromatic rings. The molecule has 2 heterocycles. The summed E-state index contributed by atoms with van der Waals surface area (Å²) in [5.74, 6) is 0. The maximum atomic E-state index is 4.73. The summed E-state index contributed by atoms with van der Waals surface area (Å²) in [5.41, 5.74) is 6.81. The van der Waals surface area contributed by atoms with Gasteiger partial charge in [0, 0.05) is 23.8 Å². The highest BCUT2D eigenvalue weighted by Gasteiger charge is 2.19. The van der Waals surface area contributed by atoms with Crippen molar-refractivity contribution in [1.82, 2.24) is 9.55 Å². The Hall–Kier alpha value is -1.31. The van der Waals surface area contributed by atoms with Gasteiger partial charge in [-0.1, -0.05) is 6.42 Å². The average Bonchev–Trinajstić information content (AvgIpc) is 2.48. The van der Waals surface area contributed by atoms with E-state index in [2.05, 4.69) is 31.5 Å². The summed E-state index contributed by atoms with van der Waals surface area (Å²) in [6.45, 7) is 4.31. The van der Waals surface area contributed by atoms with Crippen LogP contribution in [-0.2, 0) is 19.9 Å². The largest absolute Gasteiger partial charge is 0.332 e. The van der Waals surface area contributed by atoms with Gasteiger partial charge in [0.15, 0.2) is 0 Å². The molecule has 1 aliphatic rings. The first kappa shape index (κ1) is 10.8. The minimum atomic E-state index is 1.13. The highest BCUT2D eigenvalue weighted by atomic mass is 15.0. The van der Waals surface area contributed by atoms with Gasteiger partial charge in [0.2, 0.25) is 0 Å². The summed E-state index contributed by atoms with van der Waals surface area (Å²) in [6.07, 6.45) is 6.49. The van der Waals surface area contributed by atoms with Gasteiger partial charge in [0.25, 0.3) is 0 Å². The van der Waals surface area contributed by atoms with Crippen LogP contribution in [-0.4, -0.2) is 9.55 Å². The first-order valence-electron chi connectivity index (χ1n) is 6.63. The topological polar surface area (TPSA) is 17.8 Å². The van der Waals surface area contributed by atoms with E-state index < -0.39 is 0 Å². The normalized spacial score (nSPS) is 15.9. The molecule has 0 N–H and O–H groups in total. The van der Waals surface area contributed by atoms with E-state index >= 15 is 0 Å². The average molecular weight is 228 g/mol. The van der Waals surface area contributed by atoms with E-state index in [0.29, 0.717) is 0 Å². The number of hydrogen-bond acceptors (Lipinski definition) is 1. The van der Waals surface area contributed by atoms with Gasteiger partial charge in [0.1, 0.15) is 5.65 Å². The van der Waals surface area contributed by atoms with Crippen LogP contribution in [0.5, 0.6) is 0 Å². The monoisotopic (exact) mass is 228 g/mol. The van der Waals surface area contributed by atoms with Crippen molar-refractivity contribution in [3.8, 4) is 0 Å². The van der Waals surface area contributed by atoms with Crippen molar-refractivity contribution >= 4 is 11.0 Å². The zero-order chi connectivity index (χ0) is 12.0. The number of nitrogens with zero attached hydrogens (tertiary/aromatic N) is 2. The lowest BCUT2D eigenvalue weighted by molar-refractivity contribution is 0.697. The van der Waals surface area contributed by atoms with Crippen molar-refractivity contribution in [3.63, 3.8) is 0 Å². The maximum absolute atomic E-state index is 4.73. The van der Waals surface area contributed by atoms with E-state index in [1.165, 1.54) is 54.4 Å². The number of rotatable bonds is 0. The predicted octanol–water partition coefficient (Wildman–Crippen LogP) is 3.46. The molecule has 90 valence electrons. The van der Waals surface area contributed by atoms with Gasteiger partial charge in [0.05, 0.1) is 0 Å². The fourth-order valence-corrected chi connectivity index (χ4v) is 3.27. The van der Waals surface area contributed by atoms with Crippen molar-refractivity contribution in [3.05, 3.63) is 28.6 Å². The van der Waals surface area contributed by atoms with Crippen LogP contribution in [0.2, 0.25) is 0 Å². The minimum absolute atomic E-state index is 1.13. The molecule has 0 saturated heterocycles. The lowest BCUT2D eigenvalue weighted by Crippen LogP contribution is -1.98. The van der Waals surface area contributed by atoms with Crippen LogP contribution in [0, 0.1) is 13.8 Å². The molecule has 0 bridgehead atoms. The molecular formula is C15H20N2. The third-order valence-corrected chi connectivity index (χ3v) is 4.04. The summed E-state index contributed by atoms with van der Waals surface area (Å²) in [7, 11) is 2.18. The van der Waals surface area contributed by atoms with Crippen molar-refractivity contribution in [2.24, 2.45) is 7.05 Å². The highest BCUT2D eigenvalue weighted by molar-refractivity contribution is 5.86. The predicted molar refractivity (Wildman–Crippen MR) is 71.4 cm³/mol. The number of hydrogen-bond donors (Lipinski definition) is 0. The highest BCUT2D eigenvalue weighted by Crippen LogP contribution is 2.32. The fourth-order valence-electron chi connectivity index (χ4n) is 3.27. The Morgan fingerprint density at radius 2 is 1.88 bits per heavy atom. The van der Waals surface area contributed by atoms with Crippen LogP contribution >= 0.6 is 0 Å². The Labute approximate surface area is 103 Å². The molecule has 0 amide bonds. The van der Waals surface area contributed by atoms with E-state index in [9.17, 15) is 0 Å². The molecule has 1 aliphatic carbocycles. The Balaban J connectivity index is 2.37. The Morgan fingerprint density at radius 1 is 1.12 bits per heavy atom. The fraction of sp³-hybridized carbons (Fsp3) is 0.533. The van der Waals surface area contributed by atoms with E-state index in [4.69, 9.17) is 4.98 Å². The van der Waals surface area contributed by atoms with Crippen LogP contribution in [0.3, 0.4) is 0 Å². The first-order valence-corrected chi connectivity index (χ1v) is 6.63. The molecule has 0 aromatic carbocycles. The van der Waals surface area contributed by atoms with Crippen LogP contribution in [0.4, 0.5) is 0 Å². The van der Waals surface area contributed by atoms with E-state index in [0.717, 1.165) is 5.69 Å². The third kappa shape index (κ3) is 1.58. The molecule has 17 heavy (non-hydrogen) atoms. The lowest BCUT2D eigenvalue weighted by atomic mass is 10.0. The second-order valence-corrected chi connectivity index (χ2v) is 5.32. The van der Waals surface area contributed by atoms with Gasteiger partial charge in [-0.05, 0) is 56.7 Å². The second kappa shape index (κ2) is 3.86. The van der Waals surface area contributed by atoms with Crippen LogP contribution in [0.15, 0.2) is 6.07 Å². The van der Waals surface area contributed by atoms with Crippen LogP contribution < -0.4 is 0 Å². The SMILES string of the molecule is Cc1cc(C)c2c3c(n(C)c2n1)CCCCC3. The Kier molecular flexibility index (Phi) is 2.46. The van der Waals surface area contributed by atoms with Crippen molar-refractivity contribution in [2.45, 2.75) is 46.0 Å². The molecular weight excluding hydrogens is 208 g/mol. The molecule has 2 heteroatoms. The molecule has 0 radical (unpaired) electrons. The van der Waals surface area contributed by atoms with Gasteiger partial charge >= 0.3 is 0 Å². The molecule has 2 nitrogen and oxygen atoms in total. The zero-order valence-electron chi connectivity index (χ0n) is 11.0. The smallest absolute Gasteiger partial charge is 0.140 e. The number of fused-ring (bicyclic) bond motifs is 3.